The Morgan fingerprint density at radius 3 is 1.45 bits per heavy atom. The van der Waals surface area contributed by atoms with Gasteiger partial charge in [0.05, 0.1) is 19.3 Å². The summed E-state index contributed by atoms with van der Waals surface area (Å²) in [4.78, 5) is 38.5. The normalized spacial score (nSPS) is 15.7. The summed E-state index contributed by atoms with van der Waals surface area (Å²) in [6, 6.07) is 0. The van der Waals surface area contributed by atoms with E-state index in [-0.39, 0.29) is 12.6 Å². The molecule has 7 heteroatoms. The molecule has 0 bridgehead atoms. The van der Waals surface area contributed by atoms with Gasteiger partial charge >= 0.3 is 17.1 Å². The highest BCUT2D eigenvalue weighted by molar-refractivity contribution is 4.82. The lowest BCUT2D eigenvalue weighted by atomic mass is 10.1. The number of aromatic nitrogens is 3. The minimum Gasteiger partial charge on any atom is -0.371 e. The average molecular weight is 410 g/mol. The lowest BCUT2D eigenvalue weighted by Crippen LogP contribution is -2.55. The Bertz CT molecular complexity index is 719. The largest absolute Gasteiger partial charge is 0.371 e. The molecule has 7 nitrogen and oxygen atoms in total. The molecule has 1 aromatic rings. The molecule has 2 rings (SSSR count). The molecule has 0 aliphatic carbocycles. The minimum atomic E-state index is -0.483. The first-order chi connectivity index (χ1) is 14.1. The van der Waals surface area contributed by atoms with Gasteiger partial charge in [-0.1, -0.05) is 78.1 Å². The van der Waals surface area contributed by atoms with Crippen LogP contribution in [0.5, 0.6) is 0 Å². The van der Waals surface area contributed by atoms with Crippen molar-refractivity contribution in [2.45, 2.75) is 117 Å². The molecule has 1 aliphatic heterocycles. The van der Waals surface area contributed by atoms with Gasteiger partial charge in [0.1, 0.15) is 0 Å². The number of hydrogen-bond acceptors (Lipinski definition) is 4. The van der Waals surface area contributed by atoms with E-state index in [4.69, 9.17) is 4.74 Å². The van der Waals surface area contributed by atoms with Crippen molar-refractivity contribution in [3.63, 3.8) is 0 Å². The zero-order valence-electron chi connectivity index (χ0n) is 18.4. The topological polar surface area (TPSA) is 78.5 Å². The second-order valence-electron chi connectivity index (χ2n) is 8.25. The smallest absolute Gasteiger partial charge is 0.336 e. The predicted molar refractivity (Wildman–Crippen MR) is 116 cm³/mol. The number of hydrogen-bond donors (Lipinski definition) is 0. The summed E-state index contributed by atoms with van der Waals surface area (Å²) in [5, 5.41) is 0. The molecule has 0 saturated carbocycles. The number of nitrogens with zero attached hydrogens (tertiary/aromatic N) is 3. The van der Waals surface area contributed by atoms with Gasteiger partial charge in [-0.2, -0.15) is 0 Å². The van der Waals surface area contributed by atoms with Crippen LogP contribution >= 0.6 is 0 Å². The van der Waals surface area contributed by atoms with Crippen LogP contribution in [0.25, 0.3) is 0 Å². The molecule has 1 unspecified atom stereocenters. The molecule has 1 saturated heterocycles. The molecular formula is C22H39N3O4. The zero-order valence-corrected chi connectivity index (χ0v) is 18.4. The molecule has 0 radical (unpaired) electrons. The Balaban J connectivity index is 2.08. The Morgan fingerprint density at radius 1 is 0.655 bits per heavy atom. The summed E-state index contributed by atoms with van der Waals surface area (Å²) in [6.07, 6.45) is 12.9. The monoisotopic (exact) mass is 409 g/mol. The van der Waals surface area contributed by atoms with Crippen molar-refractivity contribution in [2.75, 3.05) is 6.61 Å². The van der Waals surface area contributed by atoms with E-state index in [1.807, 2.05) is 0 Å². The quantitative estimate of drug-likeness (QED) is 0.310. The van der Waals surface area contributed by atoms with Crippen LogP contribution in [0.2, 0.25) is 0 Å². The van der Waals surface area contributed by atoms with E-state index in [0.717, 1.165) is 38.5 Å². The van der Waals surface area contributed by atoms with Crippen LogP contribution < -0.4 is 17.1 Å². The van der Waals surface area contributed by atoms with Crippen LogP contribution in [-0.2, 0) is 24.4 Å². The standard InChI is InChI=1S/C22H39N3O4/c1-3-5-7-9-11-13-15-23-20(26)24(16-14-12-10-8-6-4-2)22(28)25(21(23)27)17-19-18-29-19/h19H,3-18H2,1-2H3. The lowest BCUT2D eigenvalue weighted by molar-refractivity contribution is 0.354. The Hall–Kier alpha value is -1.63. The Labute approximate surface area is 173 Å². The highest BCUT2D eigenvalue weighted by Crippen LogP contribution is 2.09. The van der Waals surface area contributed by atoms with Gasteiger partial charge in [0.2, 0.25) is 0 Å². The summed E-state index contributed by atoms with van der Waals surface area (Å²) in [6.45, 7) is 5.93. The predicted octanol–water partition coefficient (Wildman–Crippen LogP) is 3.29. The summed E-state index contributed by atoms with van der Waals surface area (Å²) >= 11 is 0. The summed E-state index contributed by atoms with van der Waals surface area (Å²) < 4.78 is 8.94. The van der Waals surface area contributed by atoms with Crippen molar-refractivity contribution in [1.29, 1.82) is 0 Å². The first kappa shape index (κ1) is 23.6. The summed E-state index contributed by atoms with van der Waals surface area (Å²) in [5.41, 5.74) is -1.42. The molecule has 2 heterocycles. The van der Waals surface area contributed by atoms with Crippen LogP contribution in [-0.4, -0.2) is 26.4 Å². The Kier molecular flexibility index (Phi) is 10.5. The first-order valence-corrected chi connectivity index (χ1v) is 11.7. The fraction of sp³-hybridized carbons (Fsp3) is 0.864. The summed E-state index contributed by atoms with van der Waals surface area (Å²) in [7, 11) is 0. The third kappa shape index (κ3) is 7.61. The summed E-state index contributed by atoms with van der Waals surface area (Å²) in [5.74, 6) is 0. The third-order valence-electron chi connectivity index (χ3n) is 5.64. The molecular weight excluding hydrogens is 370 g/mol. The number of ether oxygens (including phenoxy) is 1. The molecule has 1 fully saturated rings. The molecule has 1 aromatic heterocycles. The molecule has 0 amide bonds. The van der Waals surface area contributed by atoms with Gasteiger partial charge in [-0.25, -0.2) is 28.1 Å². The maximum atomic E-state index is 12.9. The van der Waals surface area contributed by atoms with E-state index in [1.165, 1.54) is 52.2 Å². The van der Waals surface area contributed by atoms with Gasteiger partial charge < -0.3 is 4.74 Å². The second kappa shape index (κ2) is 12.8. The average Bonchev–Trinajstić information content (AvgIpc) is 3.53. The van der Waals surface area contributed by atoms with Crippen molar-refractivity contribution in [1.82, 2.24) is 13.7 Å². The van der Waals surface area contributed by atoms with E-state index < -0.39 is 17.1 Å². The molecule has 1 atom stereocenters. The van der Waals surface area contributed by atoms with E-state index >= 15 is 0 Å². The van der Waals surface area contributed by atoms with Crippen LogP contribution in [0.4, 0.5) is 0 Å². The molecule has 166 valence electrons. The number of unbranched alkanes of at least 4 members (excludes halogenated alkanes) is 10. The number of epoxide rings is 1. The minimum absolute atomic E-state index is 0.0807. The highest BCUT2D eigenvalue weighted by atomic mass is 16.6. The van der Waals surface area contributed by atoms with Gasteiger partial charge in [-0.15, -0.1) is 0 Å². The van der Waals surface area contributed by atoms with E-state index in [9.17, 15) is 14.4 Å². The van der Waals surface area contributed by atoms with Gasteiger partial charge in [0.25, 0.3) is 0 Å². The molecule has 1 aliphatic rings. The first-order valence-electron chi connectivity index (χ1n) is 11.7. The van der Waals surface area contributed by atoms with Crippen molar-refractivity contribution in [2.24, 2.45) is 0 Å². The van der Waals surface area contributed by atoms with Crippen LogP contribution in [0.3, 0.4) is 0 Å². The van der Waals surface area contributed by atoms with Crippen LogP contribution in [0, 0.1) is 0 Å². The van der Waals surface area contributed by atoms with Gasteiger partial charge in [-0.3, -0.25) is 0 Å². The van der Waals surface area contributed by atoms with Gasteiger partial charge in [0, 0.05) is 13.1 Å². The van der Waals surface area contributed by atoms with Crippen molar-refractivity contribution in [3.05, 3.63) is 31.5 Å². The van der Waals surface area contributed by atoms with E-state index in [0.29, 0.717) is 19.7 Å². The SMILES string of the molecule is CCCCCCCCn1c(=O)n(CCCCCCCC)c(=O)n(CC2CO2)c1=O. The van der Waals surface area contributed by atoms with Gasteiger partial charge in [-0.05, 0) is 12.8 Å². The maximum Gasteiger partial charge on any atom is 0.336 e. The molecule has 0 aromatic carbocycles. The second-order valence-corrected chi connectivity index (χ2v) is 8.25. The molecule has 0 spiro atoms. The van der Waals surface area contributed by atoms with E-state index in [1.54, 1.807) is 0 Å². The molecule has 0 N–H and O–H groups in total. The third-order valence-corrected chi connectivity index (χ3v) is 5.64. The maximum absolute atomic E-state index is 12.9. The Morgan fingerprint density at radius 2 is 1.03 bits per heavy atom. The van der Waals surface area contributed by atoms with Crippen molar-refractivity contribution >= 4 is 0 Å². The lowest BCUT2D eigenvalue weighted by Gasteiger charge is -2.13. The van der Waals surface area contributed by atoms with Crippen LogP contribution in [0.15, 0.2) is 14.4 Å². The van der Waals surface area contributed by atoms with Crippen molar-refractivity contribution < 1.29 is 4.74 Å². The molecule has 29 heavy (non-hydrogen) atoms. The fourth-order valence-electron chi connectivity index (χ4n) is 3.70. The fourth-order valence-corrected chi connectivity index (χ4v) is 3.70. The van der Waals surface area contributed by atoms with Crippen molar-refractivity contribution in [3.8, 4) is 0 Å². The van der Waals surface area contributed by atoms with E-state index in [2.05, 4.69) is 13.8 Å². The van der Waals surface area contributed by atoms with Crippen LogP contribution in [0.1, 0.15) is 90.9 Å². The highest BCUT2D eigenvalue weighted by Gasteiger charge is 2.26. The number of rotatable bonds is 16. The zero-order chi connectivity index (χ0) is 21.1. The van der Waals surface area contributed by atoms with Gasteiger partial charge in [0.15, 0.2) is 0 Å².